The maximum atomic E-state index is 12.4. The maximum absolute atomic E-state index is 12.4. The second-order valence-electron chi connectivity index (χ2n) is 6.79. The minimum absolute atomic E-state index is 0.0110. The van der Waals surface area contributed by atoms with Gasteiger partial charge in [0.05, 0.1) is 26.8 Å². The molecule has 3 amide bonds. The van der Waals surface area contributed by atoms with Crippen LogP contribution in [0.5, 0.6) is 0 Å². The van der Waals surface area contributed by atoms with E-state index in [4.69, 9.17) is 5.73 Å². The van der Waals surface area contributed by atoms with Gasteiger partial charge in [0, 0.05) is 18.2 Å². The number of nitrogens with one attached hydrogen (secondary N) is 2. The van der Waals surface area contributed by atoms with E-state index < -0.39 is 16.7 Å². The minimum atomic E-state index is -0.778. The van der Waals surface area contributed by atoms with Gasteiger partial charge < -0.3 is 16.4 Å². The van der Waals surface area contributed by atoms with Crippen LogP contribution in [0.1, 0.15) is 34.6 Å². The number of carbonyl (C=O) groups is 3. The molecule has 10 heteroatoms. The quantitative estimate of drug-likeness (QED) is 0.317. The number of hydrogen-bond donors (Lipinski definition) is 3. The van der Waals surface area contributed by atoms with E-state index in [1.54, 1.807) is 24.3 Å². The van der Waals surface area contributed by atoms with Gasteiger partial charge in [0.15, 0.2) is 0 Å². The van der Waals surface area contributed by atoms with E-state index in [1.807, 2.05) is 13.8 Å². The van der Waals surface area contributed by atoms with Crippen molar-refractivity contribution in [3.8, 4) is 0 Å². The van der Waals surface area contributed by atoms with Crippen molar-refractivity contribution in [1.82, 2.24) is 5.32 Å². The zero-order chi connectivity index (χ0) is 22.3. The van der Waals surface area contributed by atoms with Crippen molar-refractivity contribution < 1.29 is 19.3 Å². The van der Waals surface area contributed by atoms with Gasteiger partial charge in [0.2, 0.25) is 11.8 Å². The van der Waals surface area contributed by atoms with Gasteiger partial charge >= 0.3 is 0 Å². The van der Waals surface area contributed by atoms with Gasteiger partial charge in [-0.1, -0.05) is 26.0 Å². The fourth-order valence-corrected chi connectivity index (χ4v) is 3.25. The number of rotatable bonds is 9. The molecule has 0 heterocycles. The summed E-state index contributed by atoms with van der Waals surface area (Å²) in [5.41, 5.74) is 5.53. The van der Waals surface area contributed by atoms with Crippen molar-refractivity contribution in [3.05, 3.63) is 63.7 Å². The fraction of sp³-hybridized carbons (Fsp3) is 0.250. The van der Waals surface area contributed by atoms with Crippen LogP contribution in [0.4, 0.5) is 11.4 Å². The lowest BCUT2D eigenvalue weighted by atomic mass is 10.1. The van der Waals surface area contributed by atoms with Gasteiger partial charge in [-0.25, -0.2) is 0 Å². The molecule has 0 aliphatic heterocycles. The molecule has 0 aliphatic rings. The molecule has 30 heavy (non-hydrogen) atoms. The largest absolute Gasteiger partial charge is 0.366 e. The van der Waals surface area contributed by atoms with Crippen LogP contribution < -0.4 is 16.4 Å². The summed E-state index contributed by atoms with van der Waals surface area (Å²) in [5, 5.41) is 16.7. The third-order valence-electron chi connectivity index (χ3n) is 3.92. The predicted octanol–water partition coefficient (Wildman–Crippen LogP) is 2.81. The third-order valence-corrected chi connectivity index (χ3v) is 4.98. The summed E-state index contributed by atoms with van der Waals surface area (Å²) in [6.07, 6.45) is 0. The van der Waals surface area contributed by atoms with E-state index in [1.165, 1.54) is 12.1 Å². The second-order valence-corrected chi connectivity index (χ2v) is 7.81. The molecule has 0 bridgehead atoms. The molecule has 0 spiro atoms. The Morgan fingerprint density at radius 1 is 1.17 bits per heavy atom. The molecule has 0 radical (unpaired) electrons. The SMILES string of the molecule is CC(C)CNC(=O)c1ccccc1NC(=O)CSc1ccc(C(N)=O)cc1[N+](=O)[O-]. The number of nitro groups is 1. The maximum Gasteiger partial charge on any atom is 0.283 e. The first-order chi connectivity index (χ1) is 14.2. The lowest BCUT2D eigenvalue weighted by molar-refractivity contribution is -0.387. The highest BCUT2D eigenvalue weighted by Gasteiger charge is 2.19. The van der Waals surface area contributed by atoms with Crippen LogP contribution in [-0.2, 0) is 4.79 Å². The molecule has 0 fully saturated rings. The van der Waals surface area contributed by atoms with E-state index in [0.29, 0.717) is 17.8 Å². The van der Waals surface area contributed by atoms with Crippen LogP contribution in [0.2, 0.25) is 0 Å². The molecule has 0 aromatic heterocycles. The number of carbonyl (C=O) groups excluding carboxylic acids is 3. The summed E-state index contributed by atoms with van der Waals surface area (Å²) in [4.78, 5) is 46.8. The van der Waals surface area contributed by atoms with Crippen LogP contribution in [0.3, 0.4) is 0 Å². The average molecular weight is 430 g/mol. The molecular formula is C20H22N4O5S. The monoisotopic (exact) mass is 430 g/mol. The number of thioether (sulfide) groups is 1. The van der Waals surface area contributed by atoms with E-state index in [-0.39, 0.29) is 33.7 Å². The first-order valence-corrected chi connectivity index (χ1v) is 10.1. The number of nitrogens with two attached hydrogens (primary N) is 1. The van der Waals surface area contributed by atoms with E-state index >= 15 is 0 Å². The summed E-state index contributed by atoms with van der Waals surface area (Å²) in [7, 11) is 0. The molecule has 0 atom stereocenters. The lowest BCUT2D eigenvalue weighted by Gasteiger charge is -2.12. The van der Waals surface area contributed by atoms with E-state index in [0.717, 1.165) is 17.8 Å². The predicted molar refractivity (Wildman–Crippen MR) is 115 cm³/mol. The highest BCUT2D eigenvalue weighted by atomic mass is 32.2. The first kappa shape index (κ1) is 22.9. The Morgan fingerprint density at radius 2 is 1.87 bits per heavy atom. The fourth-order valence-electron chi connectivity index (χ4n) is 2.45. The van der Waals surface area contributed by atoms with Gasteiger partial charge in [-0.2, -0.15) is 0 Å². The van der Waals surface area contributed by atoms with Gasteiger partial charge in [-0.05, 0) is 30.2 Å². The second kappa shape index (κ2) is 10.4. The number of amides is 3. The van der Waals surface area contributed by atoms with Crippen molar-refractivity contribution in [3.63, 3.8) is 0 Å². The highest BCUT2D eigenvalue weighted by molar-refractivity contribution is 8.00. The molecule has 4 N–H and O–H groups in total. The number of primary amides is 1. The molecule has 2 aromatic carbocycles. The molecule has 9 nitrogen and oxygen atoms in total. The number of nitro benzene ring substituents is 1. The Kier molecular flexibility index (Phi) is 7.93. The smallest absolute Gasteiger partial charge is 0.283 e. The normalized spacial score (nSPS) is 10.5. The average Bonchev–Trinajstić information content (AvgIpc) is 2.70. The van der Waals surface area contributed by atoms with Crippen molar-refractivity contribution >= 4 is 40.9 Å². The topological polar surface area (TPSA) is 144 Å². The number of para-hydroxylation sites is 1. The summed E-state index contributed by atoms with van der Waals surface area (Å²) >= 11 is 0.945. The van der Waals surface area contributed by atoms with Crippen molar-refractivity contribution in [2.45, 2.75) is 18.7 Å². The van der Waals surface area contributed by atoms with Crippen molar-refractivity contribution in [2.24, 2.45) is 11.7 Å². The van der Waals surface area contributed by atoms with Gasteiger partial charge in [-0.3, -0.25) is 24.5 Å². The molecule has 2 rings (SSSR count). The van der Waals surface area contributed by atoms with E-state index in [2.05, 4.69) is 10.6 Å². The standard InChI is InChI=1S/C20H22N4O5S/c1-12(2)10-22-20(27)14-5-3-4-6-15(14)23-18(25)11-30-17-8-7-13(19(21)26)9-16(17)24(28)29/h3-9,12H,10-11H2,1-2H3,(H2,21,26)(H,22,27)(H,23,25). The summed E-state index contributed by atoms with van der Waals surface area (Å²) in [6, 6.07) is 10.4. The number of anilines is 1. The van der Waals surface area contributed by atoms with Gasteiger partial charge in [-0.15, -0.1) is 11.8 Å². The summed E-state index contributed by atoms with van der Waals surface area (Å²) in [5.74, 6) is -1.36. The highest BCUT2D eigenvalue weighted by Crippen LogP contribution is 2.30. The van der Waals surface area contributed by atoms with Crippen LogP contribution in [-0.4, -0.2) is 34.9 Å². The van der Waals surface area contributed by atoms with Crippen LogP contribution in [0, 0.1) is 16.0 Å². The number of nitrogens with zero attached hydrogens (tertiary/aromatic N) is 1. The number of benzene rings is 2. The van der Waals surface area contributed by atoms with Gasteiger partial charge in [0.25, 0.3) is 11.6 Å². The molecule has 2 aromatic rings. The Hall–Kier alpha value is -3.40. The van der Waals surface area contributed by atoms with Gasteiger partial charge in [0.1, 0.15) is 0 Å². The van der Waals surface area contributed by atoms with Crippen molar-refractivity contribution in [1.29, 1.82) is 0 Å². The van der Waals surface area contributed by atoms with Crippen molar-refractivity contribution in [2.75, 3.05) is 17.6 Å². The molecule has 0 saturated heterocycles. The molecule has 0 aliphatic carbocycles. The summed E-state index contributed by atoms with van der Waals surface area (Å²) < 4.78 is 0. The Morgan fingerprint density at radius 3 is 2.50 bits per heavy atom. The summed E-state index contributed by atoms with van der Waals surface area (Å²) in [6.45, 7) is 4.45. The Labute approximate surface area is 177 Å². The lowest BCUT2D eigenvalue weighted by Crippen LogP contribution is -2.28. The van der Waals surface area contributed by atoms with Crippen LogP contribution in [0.25, 0.3) is 0 Å². The molecular weight excluding hydrogens is 408 g/mol. The van der Waals surface area contributed by atoms with Crippen LogP contribution in [0.15, 0.2) is 47.4 Å². The molecule has 0 unspecified atom stereocenters. The Balaban J connectivity index is 2.08. The number of hydrogen-bond acceptors (Lipinski definition) is 6. The zero-order valence-corrected chi connectivity index (χ0v) is 17.3. The van der Waals surface area contributed by atoms with Crippen LogP contribution >= 0.6 is 11.8 Å². The zero-order valence-electron chi connectivity index (χ0n) is 16.5. The first-order valence-electron chi connectivity index (χ1n) is 9.07. The van der Waals surface area contributed by atoms with E-state index in [9.17, 15) is 24.5 Å². The molecule has 158 valence electrons. The molecule has 0 saturated carbocycles. The third kappa shape index (κ3) is 6.31. The minimum Gasteiger partial charge on any atom is -0.366 e. The Bertz CT molecular complexity index is 977.